The van der Waals surface area contributed by atoms with Crippen LogP contribution in [0.25, 0.3) is 99.5 Å². The summed E-state index contributed by atoms with van der Waals surface area (Å²) in [4.78, 5) is 13.5. The summed E-state index contributed by atoms with van der Waals surface area (Å²) in [7, 11) is 0. The average Bonchev–Trinajstić information content (AvgIpc) is 2.38. The molecule has 3 aromatic heterocycles. The Kier molecular flexibility index (Phi) is 10.1. The standard InChI is InChI=1S/C67H45F4N3/c68-49-25-28-58(63(70)36-49)65-30-22-42(39-72-65)18-20-44-32-45(21-19-43-23-31-66(73-40-43)59-29-26-50(69)37-64(59)71)34-48(33-44)51-12-4-5-13-52(51)62-41-74-67(46-10-2-1-3-11-46)38-60(62)47-24-27-57-55-16-7-6-14-53(55)54-15-8-9-17-56(54)61(57)35-47/h1-17,22-41H,18-21H2/i18D2,19D2,20D2,21D2. The van der Waals surface area contributed by atoms with Crippen molar-refractivity contribution in [2.45, 2.75) is 25.5 Å². The molecule has 3 nitrogen and oxygen atoms in total. The Labute approximate surface area is 437 Å². The number of aryl methyl sites for hydroxylation is 4. The molecule has 0 radical (unpaired) electrons. The van der Waals surface area contributed by atoms with Crippen molar-refractivity contribution < 1.29 is 28.5 Å². The van der Waals surface area contributed by atoms with Gasteiger partial charge in [-0.2, -0.15) is 0 Å². The van der Waals surface area contributed by atoms with E-state index in [0.29, 0.717) is 34.5 Å². The fourth-order valence-corrected chi connectivity index (χ4v) is 9.59. The summed E-state index contributed by atoms with van der Waals surface area (Å²) in [5, 5.41) is 6.47. The largest absolute Gasteiger partial charge is 0.256 e. The first-order valence-corrected chi connectivity index (χ1v) is 23.8. The van der Waals surface area contributed by atoms with Crippen LogP contribution in [0.1, 0.15) is 33.2 Å². The van der Waals surface area contributed by atoms with E-state index in [1.165, 1.54) is 48.5 Å². The van der Waals surface area contributed by atoms with Gasteiger partial charge in [0.1, 0.15) is 23.3 Å². The van der Waals surface area contributed by atoms with Crippen LogP contribution in [0.4, 0.5) is 17.6 Å². The molecular formula is C67H45F4N3. The van der Waals surface area contributed by atoms with Gasteiger partial charge >= 0.3 is 0 Å². The highest BCUT2D eigenvalue weighted by atomic mass is 19.1. The number of hydrogen-bond donors (Lipinski definition) is 0. The van der Waals surface area contributed by atoms with Crippen LogP contribution in [0.15, 0.2) is 225 Å². The van der Waals surface area contributed by atoms with Crippen molar-refractivity contribution in [3.63, 3.8) is 0 Å². The van der Waals surface area contributed by atoms with E-state index in [1.54, 1.807) is 18.3 Å². The summed E-state index contributed by atoms with van der Waals surface area (Å²) < 4.78 is 134. The molecule has 0 aliphatic heterocycles. The van der Waals surface area contributed by atoms with Gasteiger partial charge in [0, 0.05) is 63.9 Å². The Morgan fingerprint density at radius 3 is 1.31 bits per heavy atom. The molecule has 0 saturated carbocycles. The summed E-state index contributed by atoms with van der Waals surface area (Å²) in [6.45, 7) is 0. The Bertz CT molecular complexity index is 4290. The Morgan fingerprint density at radius 1 is 0.284 bits per heavy atom. The highest BCUT2D eigenvalue weighted by molar-refractivity contribution is 6.25. The maximum Gasteiger partial charge on any atom is 0.135 e. The van der Waals surface area contributed by atoms with Crippen molar-refractivity contribution >= 4 is 32.3 Å². The van der Waals surface area contributed by atoms with Crippen LogP contribution in [0.3, 0.4) is 0 Å². The Hall–Kier alpha value is -9.07. The second-order valence-corrected chi connectivity index (χ2v) is 17.8. The number of fused-ring (bicyclic) bond motifs is 6. The van der Waals surface area contributed by atoms with E-state index in [1.807, 2.05) is 72.8 Å². The van der Waals surface area contributed by atoms with Gasteiger partial charge in [0.15, 0.2) is 0 Å². The number of nitrogens with zero attached hydrogens (tertiary/aromatic N) is 3. The molecule has 0 amide bonds. The highest BCUT2D eigenvalue weighted by Gasteiger charge is 2.19. The van der Waals surface area contributed by atoms with Gasteiger partial charge in [-0.05, 0) is 156 Å². The number of pyridine rings is 3. The molecule has 9 aromatic carbocycles. The second-order valence-electron chi connectivity index (χ2n) is 17.8. The third-order valence-electron chi connectivity index (χ3n) is 13.1. The third kappa shape index (κ3) is 9.20. The number of benzene rings is 9. The van der Waals surface area contributed by atoms with E-state index >= 15 is 0 Å². The van der Waals surface area contributed by atoms with Crippen molar-refractivity contribution in [1.82, 2.24) is 15.0 Å². The van der Waals surface area contributed by atoms with E-state index in [9.17, 15) is 28.5 Å². The monoisotopic (exact) mass is 975 g/mol. The molecular weight excluding hydrogens is 923 g/mol. The Morgan fingerprint density at radius 2 is 0.770 bits per heavy atom. The lowest BCUT2D eigenvalue weighted by atomic mass is 9.86. The molecule has 12 aromatic rings. The third-order valence-corrected chi connectivity index (χ3v) is 13.1. The SMILES string of the molecule is [2H]C([2H])(c1ccc(-c2ccc(F)cc2F)nc1)C([2H])([2H])c1cc(-c2ccccc2-c2cnc(-c3ccccc3)cc2-c2ccc3c4ccccc4c4ccccc4c3c2)cc(C([2H])([2H])C([2H])([2H])c2ccc(-c3ccc(F)cc3F)nc2)c1. The topological polar surface area (TPSA) is 38.7 Å². The predicted molar refractivity (Wildman–Crippen MR) is 292 cm³/mol. The molecule has 0 bridgehead atoms. The predicted octanol–water partition coefficient (Wildman–Crippen LogP) is 17.5. The van der Waals surface area contributed by atoms with Crippen LogP contribution in [-0.2, 0) is 25.5 Å². The maximum atomic E-state index is 14.9. The van der Waals surface area contributed by atoms with E-state index < -0.39 is 48.8 Å². The highest BCUT2D eigenvalue weighted by Crippen LogP contribution is 2.43. The lowest BCUT2D eigenvalue weighted by Gasteiger charge is -2.18. The van der Waals surface area contributed by atoms with Crippen LogP contribution >= 0.6 is 0 Å². The average molecular weight is 976 g/mol. The molecule has 0 unspecified atom stereocenters. The Balaban J connectivity index is 1.04. The first-order chi connectivity index (χ1) is 39.3. The van der Waals surface area contributed by atoms with Crippen molar-refractivity contribution in [2.24, 2.45) is 0 Å². The van der Waals surface area contributed by atoms with Crippen LogP contribution in [0, 0.1) is 23.3 Å². The van der Waals surface area contributed by atoms with E-state index in [-0.39, 0.29) is 50.3 Å². The smallest absolute Gasteiger partial charge is 0.135 e. The van der Waals surface area contributed by atoms with Gasteiger partial charge in [0.05, 0.1) is 17.1 Å². The van der Waals surface area contributed by atoms with Crippen molar-refractivity contribution in [2.75, 3.05) is 0 Å². The van der Waals surface area contributed by atoms with Crippen molar-refractivity contribution in [1.29, 1.82) is 0 Å². The molecule has 0 aliphatic rings. The molecule has 0 atom stereocenters. The van der Waals surface area contributed by atoms with E-state index in [0.717, 1.165) is 79.6 Å². The zero-order valence-corrected chi connectivity index (χ0v) is 39.2. The van der Waals surface area contributed by atoms with E-state index in [2.05, 4.69) is 52.4 Å². The molecule has 0 aliphatic carbocycles. The van der Waals surface area contributed by atoms with Crippen LogP contribution in [0.5, 0.6) is 0 Å². The number of halogens is 4. The van der Waals surface area contributed by atoms with Gasteiger partial charge in [-0.15, -0.1) is 0 Å². The van der Waals surface area contributed by atoms with Crippen molar-refractivity contribution in [3.8, 4) is 67.2 Å². The van der Waals surface area contributed by atoms with Gasteiger partial charge in [0.25, 0.3) is 0 Å². The molecule has 0 N–H and O–H groups in total. The normalized spacial score (nSPS) is 13.8. The zero-order chi connectivity index (χ0) is 57.3. The first kappa shape index (κ1) is 37.7. The first-order valence-electron chi connectivity index (χ1n) is 27.8. The molecule has 0 fully saturated rings. The lowest BCUT2D eigenvalue weighted by Crippen LogP contribution is -1.99. The fraction of sp³-hybridized carbons (Fsp3) is 0.0597. The number of hydrogen-bond acceptors (Lipinski definition) is 3. The molecule has 74 heavy (non-hydrogen) atoms. The molecule has 0 saturated heterocycles. The molecule has 7 heteroatoms. The number of aromatic nitrogens is 3. The van der Waals surface area contributed by atoms with E-state index in [4.69, 9.17) is 4.98 Å². The molecule has 356 valence electrons. The van der Waals surface area contributed by atoms with Crippen LogP contribution in [0.2, 0.25) is 0 Å². The molecule has 12 rings (SSSR count). The zero-order valence-electron chi connectivity index (χ0n) is 47.2. The van der Waals surface area contributed by atoms with Crippen LogP contribution < -0.4 is 0 Å². The van der Waals surface area contributed by atoms with Gasteiger partial charge < -0.3 is 0 Å². The second kappa shape index (κ2) is 19.9. The van der Waals surface area contributed by atoms with Crippen LogP contribution in [-0.4, -0.2) is 15.0 Å². The minimum atomic E-state index is -3.02. The van der Waals surface area contributed by atoms with Gasteiger partial charge in [-0.25, -0.2) is 17.6 Å². The minimum absolute atomic E-state index is 0.0375. The summed E-state index contributed by atoms with van der Waals surface area (Å²) in [5.74, 6) is -3.41. The van der Waals surface area contributed by atoms with Gasteiger partial charge in [-0.1, -0.05) is 146 Å². The fourth-order valence-electron chi connectivity index (χ4n) is 9.59. The lowest BCUT2D eigenvalue weighted by molar-refractivity contribution is 0.584. The molecule has 3 heterocycles. The number of rotatable bonds is 12. The molecule has 0 spiro atoms. The minimum Gasteiger partial charge on any atom is -0.256 e. The summed E-state index contributed by atoms with van der Waals surface area (Å²) in [6.07, 6.45) is -8.03. The summed E-state index contributed by atoms with van der Waals surface area (Å²) >= 11 is 0. The quantitative estimate of drug-likeness (QED) is 0.0904. The van der Waals surface area contributed by atoms with Gasteiger partial charge in [-0.3, -0.25) is 15.0 Å². The maximum absolute atomic E-state index is 14.9. The van der Waals surface area contributed by atoms with Gasteiger partial charge in [0.2, 0.25) is 0 Å². The van der Waals surface area contributed by atoms with Crippen molar-refractivity contribution in [3.05, 3.63) is 270 Å². The summed E-state index contributed by atoms with van der Waals surface area (Å²) in [6, 6.07) is 56.8. The summed E-state index contributed by atoms with van der Waals surface area (Å²) in [5.41, 5.74) is 3.78.